The molecule has 5 aromatic carbocycles. The molecule has 1 atom stereocenters. The van der Waals surface area contributed by atoms with Crippen LogP contribution in [0.1, 0.15) is 26.7 Å². The van der Waals surface area contributed by atoms with Crippen LogP contribution in [0.25, 0.3) is 16.3 Å². The number of thioether (sulfide) groups is 1. The minimum Gasteiger partial charge on any atom is -0.321 e. The second kappa shape index (κ2) is 15.3. The van der Waals surface area contributed by atoms with Gasteiger partial charge in [0, 0.05) is 31.8 Å². The number of thiazole rings is 1. The van der Waals surface area contributed by atoms with Gasteiger partial charge in [0.15, 0.2) is 5.13 Å². The van der Waals surface area contributed by atoms with Crippen LogP contribution in [0.15, 0.2) is 138 Å². The van der Waals surface area contributed by atoms with Crippen LogP contribution in [0, 0.1) is 0 Å². The number of rotatable bonds is 10. The number of anilines is 2. The molecule has 1 heterocycles. The average molecular weight is 710 g/mol. The molecular formula is C37H26Cl2N4O3S2. The van der Waals surface area contributed by atoms with E-state index in [-0.39, 0.29) is 11.6 Å². The summed E-state index contributed by atoms with van der Waals surface area (Å²) in [5.74, 6) is -1.25. The lowest BCUT2D eigenvalue weighted by Crippen LogP contribution is -2.30. The molecule has 0 aliphatic carbocycles. The Morgan fingerprint density at radius 3 is 2.06 bits per heavy atom. The van der Waals surface area contributed by atoms with Crippen molar-refractivity contribution in [1.29, 1.82) is 0 Å². The molecule has 0 fully saturated rings. The van der Waals surface area contributed by atoms with Crippen molar-refractivity contribution in [2.75, 3.05) is 10.6 Å². The first-order chi connectivity index (χ1) is 23.3. The summed E-state index contributed by atoms with van der Waals surface area (Å²) >= 11 is 15.5. The maximum absolute atomic E-state index is 13.6. The number of halogens is 2. The maximum atomic E-state index is 13.6. The topological polar surface area (TPSA) is 100 Å². The number of hydrogen-bond donors (Lipinski definition) is 3. The number of benzene rings is 5. The monoisotopic (exact) mass is 708 g/mol. The molecule has 238 valence electrons. The van der Waals surface area contributed by atoms with Crippen LogP contribution in [-0.2, 0) is 9.59 Å². The summed E-state index contributed by atoms with van der Waals surface area (Å²) in [5.41, 5.74) is 2.86. The Kier molecular flexibility index (Phi) is 10.5. The molecule has 0 saturated heterocycles. The highest BCUT2D eigenvalue weighted by atomic mass is 35.5. The largest absolute Gasteiger partial charge is 0.321 e. The molecule has 0 aliphatic rings. The van der Waals surface area contributed by atoms with Gasteiger partial charge in [-0.3, -0.25) is 14.4 Å². The van der Waals surface area contributed by atoms with Gasteiger partial charge in [-0.05, 0) is 72.3 Å². The molecule has 7 nitrogen and oxygen atoms in total. The quantitative estimate of drug-likeness (QED) is 0.0972. The first kappa shape index (κ1) is 33.0. The molecule has 3 amide bonds. The number of para-hydroxylation sites is 1. The third-order valence-corrected chi connectivity index (χ3v) is 9.93. The van der Waals surface area contributed by atoms with Gasteiger partial charge < -0.3 is 16.0 Å². The molecular weight excluding hydrogens is 683 g/mol. The second-order valence-corrected chi connectivity index (χ2v) is 13.4. The molecule has 0 radical (unpaired) electrons. The predicted molar refractivity (Wildman–Crippen MR) is 197 cm³/mol. The van der Waals surface area contributed by atoms with Crippen molar-refractivity contribution in [3.8, 4) is 0 Å². The molecule has 0 aliphatic heterocycles. The molecule has 3 N–H and O–H groups in total. The first-order valence-corrected chi connectivity index (χ1v) is 17.1. The maximum Gasteiger partial charge on any atom is 0.272 e. The lowest BCUT2D eigenvalue weighted by atomic mass is 10.1. The number of aromatic nitrogens is 1. The van der Waals surface area contributed by atoms with Gasteiger partial charge in [0.2, 0.25) is 5.91 Å². The number of fused-ring (bicyclic) bond motifs is 1. The van der Waals surface area contributed by atoms with Gasteiger partial charge in [0.25, 0.3) is 11.8 Å². The average Bonchev–Trinajstić information content (AvgIpc) is 3.52. The Labute approximate surface area is 295 Å². The Morgan fingerprint density at radius 2 is 1.38 bits per heavy atom. The zero-order valence-corrected chi connectivity index (χ0v) is 28.2. The van der Waals surface area contributed by atoms with Crippen LogP contribution in [0.3, 0.4) is 0 Å². The normalized spacial score (nSPS) is 11.9. The van der Waals surface area contributed by atoms with Crippen LogP contribution in [0.5, 0.6) is 0 Å². The van der Waals surface area contributed by atoms with Crippen molar-refractivity contribution in [2.24, 2.45) is 0 Å². The molecule has 0 spiro atoms. The van der Waals surface area contributed by atoms with Crippen LogP contribution in [-0.4, -0.2) is 22.7 Å². The van der Waals surface area contributed by atoms with Crippen molar-refractivity contribution in [2.45, 2.75) is 10.1 Å². The minimum atomic E-state index is -0.576. The van der Waals surface area contributed by atoms with E-state index in [9.17, 15) is 14.4 Å². The van der Waals surface area contributed by atoms with E-state index in [1.54, 1.807) is 60.7 Å². The molecule has 6 rings (SSSR count). The van der Waals surface area contributed by atoms with Crippen molar-refractivity contribution in [3.05, 3.63) is 160 Å². The van der Waals surface area contributed by atoms with Gasteiger partial charge in [-0.2, -0.15) is 0 Å². The summed E-state index contributed by atoms with van der Waals surface area (Å²) in [7, 11) is 0. The van der Waals surface area contributed by atoms with E-state index in [0.29, 0.717) is 32.0 Å². The molecule has 0 bridgehead atoms. The van der Waals surface area contributed by atoms with E-state index in [4.69, 9.17) is 23.2 Å². The SMILES string of the molecule is O=C(Nc1ccc(SC(C(=O)Nc2nc3ccccc3s2)c2ccccc2)cc1)/C(=C/c1c(Cl)cccc1Cl)NC(=O)c1ccccc1. The summed E-state index contributed by atoms with van der Waals surface area (Å²) in [4.78, 5) is 45.5. The standard InChI is InChI=1S/C37H26Cl2N4O3S2/c38-28-14-9-15-29(39)27(28)22-31(41-34(44)24-12-5-2-6-13-24)35(45)40-25-18-20-26(21-19-25)47-33(23-10-3-1-4-11-23)36(46)43-37-42-30-16-7-8-17-32(30)48-37/h1-22,33H,(H,40,45)(H,41,44)(H,42,43,46)/b31-22-. The van der Waals surface area contributed by atoms with E-state index in [1.165, 1.54) is 29.2 Å². The minimum absolute atomic E-state index is 0.0482. The van der Waals surface area contributed by atoms with Crippen LogP contribution >= 0.6 is 46.3 Å². The van der Waals surface area contributed by atoms with Gasteiger partial charge in [-0.25, -0.2) is 4.98 Å². The van der Waals surface area contributed by atoms with E-state index in [2.05, 4.69) is 20.9 Å². The molecule has 11 heteroatoms. The van der Waals surface area contributed by atoms with Crippen LogP contribution < -0.4 is 16.0 Å². The number of carbonyl (C=O) groups is 3. The number of nitrogens with zero attached hydrogens (tertiary/aromatic N) is 1. The smallest absolute Gasteiger partial charge is 0.272 e. The lowest BCUT2D eigenvalue weighted by molar-refractivity contribution is -0.116. The van der Waals surface area contributed by atoms with E-state index >= 15 is 0 Å². The summed E-state index contributed by atoms with van der Waals surface area (Å²) < 4.78 is 0.988. The van der Waals surface area contributed by atoms with Crippen molar-refractivity contribution >= 4 is 91.1 Å². The Bertz CT molecular complexity index is 2070. The highest BCUT2D eigenvalue weighted by Crippen LogP contribution is 2.37. The van der Waals surface area contributed by atoms with Gasteiger partial charge in [0.05, 0.1) is 10.2 Å². The fourth-order valence-electron chi connectivity index (χ4n) is 4.68. The number of nitrogens with one attached hydrogen (secondary N) is 3. The predicted octanol–water partition coefficient (Wildman–Crippen LogP) is 9.48. The third-order valence-electron chi connectivity index (χ3n) is 7.05. The molecule has 1 aromatic heterocycles. The number of carbonyl (C=O) groups excluding carboxylic acids is 3. The van der Waals surface area contributed by atoms with Crippen molar-refractivity contribution in [1.82, 2.24) is 10.3 Å². The summed E-state index contributed by atoms with van der Waals surface area (Å²) in [6.07, 6.45) is 1.44. The lowest BCUT2D eigenvalue weighted by Gasteiger charge is -2.17. The van der Waals surface area contributed by atoms with E-state index < -0.39 is 17.1 Å². The third kappa shape index (κ3) is 8.13. The van der Waals surface area contributed by atoms with Gasteiger partial charge in [0.1, 0.15) is 10.9 Å². The number of hydrogen-bond acceptors (Lipinski definition) is 6. The summed E-state index contributed by atoms with van der Waals surface area (Å²) in [6.45, 7) is 0. The Morgan fingerprint density at radius 1 is 0.729 bits per heavy atom. The Balaban J connectivity index is 1.20. The molecule has 48 heavy (non-hydrogen) atoms. The van der Waals surface area contributed by atoms with Gasteiger partial charge >= 0.3 is 0 Å². The summed E-state index contributed by atoms with van der Waals surface area (Å²) in [5, 5.41) is 9.12. The van der Waals surface area contributed by atoms with Crippen molar-refractivity contribution < 1.29 is 14.4 Å². The molecule has 1 unspecified atom stereocenters. The first-order valence-electron chi connectivity index (χ1n) is 14.7. The van der Waals surface area contributed by atoms with E-state index in [1.807, 2.05) is 66.7 Å². The van der Waals surface area contributed by atoms with Crippen molar-refractivity contribution in [3.63, 3.8) is 0 Å². The Hall–Kier alpha value is -4.93. The number of amides is 3. The zero-order valence-electron chi connectivity index (χ0n) is 25.0. The van der Waals surface area contributed by atoms with Gasteiger partial charge in [-0.1, -0.05) is 101 Å². The second-order valence-electron chi connectivity index (χ2n) is 10.4. The summed E-state index contributed by atoms with van der Waals surface area (Å²) in [6, 6.07) is 37.9. The highest BCUT2D eigenvalue weighted by molar-refractivity contribution is 8.00. The highest BCUT2D eigenvalue weighted by Gasteiger charge is 2.24. The van der Waals surface area contributed by atoms with E-state index in [0.717, 1.165) is 20.7 Å². The zero-order chi connectivity index (χ0) is 33.5. The van der Waals surface area contributed by atoms with Crippen LogP contribution in [0.2, 0.25) is 10.0 Å². The fourth-order valence-corrected chi connectivity index (χ4v) is 7.08. The molecule has 0 saturated carbocycles. The molecule has 6 aromatic rings. The fraction of sp³-hybridized carbons (Fsp3) is 0.0270. The van der Waals surface area contributed by atoms with Gasteiger partial charge in [-0.15, -0.1) is 11.8 Å². The van der Waals surface area contributed by atoms with Crippen LogP contribution in [0.4, 0.5) is 10.8 Å².